The SMILES string of the molecule is Cc1ccc(CNC(=O)c2cnccc2C#N)o1. The molecule has 0 spiro atoms. The van der Waals surface area contributed by atoms with Crippen molar-refractivity contribution in [1.82, 2.24) is 10.3 Å². The van der Waals surface area contributed by atoms with Crippen LogP contribution in [0.4, 0.5) is 0 Å². The van der Waals surface area contributed by atoms with Gasteiger partial charge in [-0.1, -0.05) is 0 Å². The van der Waals surface area contributed by atoms with Crippen molar-refractivity contribution in [2.75, 3.05) is 0 Å². The fourth-order valence-electron chi connectivity index (χ4n) is 1.52. The molecule has 2 aromatic heterocycles. The smallest absolute Gasteiger partial charge is 0.254 e. The van der Waals surface area contributed by atoms with Crippen molar-refractivity contribution in [3.63, 3.8) is 0 Å². The van der Waals surface area contributed by atoms with E-state index in [9.17, 15) is 4.79 Å². The Kier molecular flexibility index (Phi) is 3.39. The fraction of sp³-hybridized carbons (Fsp3) is 0.154. The summed E-state index contributed by atoms with van der Waals surface area (Å²) in [6.07, 6.45) is 2.85. The average Bonchev–Trinajstić information content (AvgIpc) is 2.81. The van der Waals surface area contributed by atoms with Gasteiger partial charge in [-0.25, -0.2) is 0 Å². The first kappa shape index (κ1) is 11.9. The van der Waals surface area contributed by atoms with Crippen LogP contribution in [0.5, 0.6) is 0 Å². The molecular formula is C13H11N3O2. The molecule has 2 rings (SSSR count). The number of rotatable bonds is 3. The molecule has 0 bridgehead atoms. The second-order valence-corrected chi connectivity index (χ2v) is 3.73. The summed E-state index contributed by atoms with van der Waals surface area (Å²) in [5, 5.41) is 11.6. The zero-order chi connectivity index (χ0) is 13.0. The Labute approximate surface area is 104 Å². The molecule has 0 aliphatic heterocycles. The second kappa shape index (κ2) is 5.15. The zero-order valence-corrected chi connectivity index (χ0v) is 9.80. The lowest BCUT2D eigenvalue weighted by molar-refractivity contribution is 0.0947. The number of amides is 1. The van der Waals surface area contributed by atoms with Gasteiger partial charge in [0.05, 0.1) is 17.7 Å². The predicted octanol–water partition coefficient (Wildman–Crippen LogP) is 1.78. The van der Waals surface area contributed by atoms with Crippen molar-refractivity contribution in [1.29, 1.82) is 5.26 Å². The number of aromatic nitrogens is 1. The maximum Gasteiger partial charge on any atom is 0.254 e. The number of carbonyl (C=O) groups excluding carboxylic acids is 1. The second-order valence-electron chi connectivity index (χ2n) is 3.73. The quantitative estimate of drug-likeness (QED) is 0.888. The van der Waals surface area contributed by atoms with Crippen molar-refractivity contribution >= 4 is 5.91 Å². The van der Waals surface area contributed by atoms with Gasteiger partial charge in [-0.3, -0.25) is 9.78 Å². The number of hydrogen-bond acceptors (Lipinski definition) is 4. The topological polar surface area (TPSA) is 78.9 Å². The Hall–Kier alpha value is -2.61. The molecule has 0 unspecified atom stereocenters. The summed E-state index contributed by atoms with van der Waals surface area (Å²) in [4.78, 5) is 15.7. The van der Waals surface area contributed by atoms with Crippen molar-refractivity contribution in [3.05, 3.63) is 53.2 Å². The number of nitriles is 1. The largest absolute Gasteiger partial charge is 0.465 e. The summed E-state index contributed by atoms with van der Waals surface area (Å²) in [7, 11) is 0. The van der Waals surface area contributed by atoms with E-state index in [1.54, 1.807) is 6.07 Å². The maximum atomic E-state index is 11.9. The molecule has 2 aromatic rings. The predicted molar refractivity (Wildman–Crippen MR) is 63.6 cm³/mol. The van der Waals surface area contributed by atoms with Gasteiger partial charge in [-0.2, -0.15) is 5.26 Å². The molecule has 1 N–H and O–H groups in total. The summed E-state index contributed by atoms with van der Waals surface area (Å²) < 4.78 is 5.33. The summed E-state index contributed by atoms with van der Waals surface area (Å²) in [5.74, 6) is 1.12. The van der Waals surface area contributed by atoms with Crippen LogP contribution in [-0.2, 0) is 6.54 Å². The van der Waals surface area contributed by atoms with Crippen LogP contribution < -0.4 is 5.32 Å². The Bertz CT molecular complexity index is 611. The van der Waals surface area contributed by atoms with Crippen LogP contribution in [0.1, 0.15) is 27.4 Å². The standard InChI is InChI=1S/C13H11N3O2/c1-9-2-3-11(18-9)7-16-13(17)12-8-15-5-4-10(12)6-14/h2-5,8H,7H2,1H3,(H,16,17). The van der Waals surface area contributed by atoms with Gasteiger partial charge >= 0.3 is 0 Å². The van der Waals surface area contributed by atoms with Crippen LogP contribution in [0.25, 0.3) is 0 Å². The van der Waals surface area contributed by atoms with Gasteiger partial charge in [0.1, 0.15) is 17.6 Å². The average molecular weight is 241 g/mol. The molecular weight excluding hydrogens is 230 g/mol. The monoisotopic (exact) mass is 241 g/mol. The maximum absolute atomic E-state index is 11.9. The van der Waals surface area contributed by atoms with Gasteiger partial charge < -0.3 is 9.73 Å². The number of aryl methyl sites for hydroxylation is 1. The molecule has 0 saturated heterocycles. The molecule has 0 fully saturated rings. The van der Waals surface area contributed by atoms with E-state index in [2.05, 4.69) is 10.3 Å². The van der Waals surface area contributed by atoms with Crippen molar-refractivity contribution < 1.29 is 9.21 Å². The highest BCUT2D eigenvalue weighted by Crippen LogP contribution is 2.08. The summed E-state index contributed by atoms with van der Waals surface area (Å²) in [6.45, 7) is 2.12. The van der Waals surface area contributed by atoms with E-state index in [0.717, 1.165) is 5.76 Å². The minimum absolute atomic E-state index is 0.267. The van der Waals surface area contributed by atoms with Gasteiger partial charge in [-0.15, -0.1) is 0 Å². The van der Waals surface area contributed by atoms with Gasteiger partial charge in [-0.05, 0) is 25.1 Å². The fourth-order valence-corrected chi connectivity index (χ4v) is 1.52. The highest BCUT2D eigenvalue weighted by molar-refractivity contribution is 5.96. The van der Waals surface area contributed by atoms with E-state index in [1.165, 1.54) is 18.5 Å². The normalized spacial score (nSPS) is 9.78. The lowest BCUT2D eigenvalue weighted by atomic mass is 10.1. The molecule has 5 nitrogen and oxygen atoms in total. The van der Waals surface area contributed by atoms with E-state index >= 15 is 0 Å². The van der Waals surface area contributed by atoms with Crippen LogP contribution in [0.15, 0.2) is 35.0 Å². The van der Waals surface area contributed by atoms with Gasteiger partial charge in [0.2, 0.25) is 0 Å². The van der Waals surface area contributed by atoms with Gasteiger partial charge in [0.15, 0.2) is 0 Å². The molecule has 0 aliphatic rings. The van der Waals surface area contributed by atoms with Crippen LogP contribution in [-0.4, -0.2) is 10.9 Å². The summed E-state index contributed by atoms with van der Waals surface area (Å²) >= 11 is 0. The third kappa shape index (κ3) is 2.55. The van der Waals surface area contributed by atoms with Crippen LogP contribution >= 0.6 is 0 Å². The highest BCUT2D eigenvalue weighted by Gasteiger charge is 2.11. The Morgan fingerprint density at radius 1 is 1.50 bits per heavy atom. The lowest BCUT2D eigenvalue weighted by Gasteiger charge is -2.04. The lowest BCUT2D eigenvalue weighted by Crippen LogP contribution is -2.23. The molecule has 0 atom stereocenters. The van der Waals surface area contributed by atoms with Crippen LogP contribution in [0.3, 0.4) is 0 Å². The Morgan fingerprint density at radius 2 is 2.33 bits per heavy atom. The molecule has 18 heavy (non-hydrogen) atoms. The molecule has 2 heterocycles. The molecule has 90 valence electrons. The zero-order valence-electron chi connectivity index (χ0n) is 9.80. The van der Waals surface area contributed by atoms with Crippen LogP contribution in [0, 0.1) is 18.3 Å². The van der Waals surface area contributed by atoms with Crippen molar-refractivity contribution in [2.24, 2.45) is 0 Å². The molecule has 5 heteroatoms. The molecule has 0 aliphatic carbocycles. The first-order valence-electron chi connectivity index (χ1n) is 5.38. The number of nitrogens with zero attached hydrogens (tertiary/aromatic N) is 2. The van der Waals surface area contributed by atoms with Crippen LogP contribution in [0.2, 0.25) is 0 Å². The Morgan fingerprint density at radius 3 is 3.00 bits per heavy atom. The van der Waals surface area contributed by atoms with Gasteiger partial charge in [0.25, 0.3) is 5.91 Å². The first-order chi connectivity index (χ1) is 8.70. The molecule has 0 aromatic carbocycles. The minimum atomic E-state index is -0.339. The van der Waals surface area contributed by atoms with E-state index in [0.29, 0.717) is 11.3 Å². The van der Waals surface area contributed by atoms with Crippen molar-refractivity contribution in [3.8, 4) is 6.07 Å². The highest BCUT2D eigenvalue weighted by atomic mass is 16.3. The van der Waals surface area contributed by atoms with E-state index < -0.39 is 0 Å². The minimum Gasteiger partial charge on any atom is -0.465 e. The first-order valence-corrected chi connectivity index (χ1v) is 5.38. The summed E-state index contributed by atoms with van der Waals surface area (Å²) in [6, 6.07) is 7.08. The number of furan rings is 1. The third-order valence-electron chi connectivity index (χ3n) is 2.41. The van der Waals surface area contributed by atoms with E-state index in [1.807, 2.05) is 19.1 Å². The molecule has 1 amide bonds. The van der Waals surface area contributed by atoms with Crippen molar-refractivity contribution in [2.45, 2.75) is 13.5 Å². The third-order valence-corrected chi connectivity index (χ3v) is 2.41. The van der Waals surface area contributed by atoms with E-state index in [-0.39, 0.29) is 18.0 Å². The number of carbonyl (C=O) groups is 1. The van der Waals surface area contributed by atoms with E-state index in [4.69, 9.17) is 9.68 Å². The molecule has 0 radical (unpaired) electrons. The number of hydrogen-bond donors (Lipinski definition) is 1. The Balaban J connectivity index is 2.06. The van der Waals surface area contributed by atoms with Gasteiger partial charge in [0, 0.05) is 12.4 Å². The number of nitrogens with one attached hydrogen (secondary N) is 1. The number of pyridine rings is 1. The summed E-state index contributed by atoms with van der Waals surface area (Å²) in [5.41, 5.74) is 0.571. The molecule has 0 saturated carbocycles.